The minimum atomic E-state index is 0.0225. The Morgan fingerprint density at radius 2 is 1.82 bits per heavy atom. The predicted molar refractivity (Wildman–Crippen MR) is 78.7 cm³/mol. The van der Waals surface area contributed by atoms with Gasteiger partial charge in [-0.25, -0.2) is 0 Å². The normalized spacial score (nSPS) is 10.5. The van der Waals surface area contributed by atoms with Crippen LogP contribution in [-0.2, 0) is 4.79 Å². The molecule has 0 heterocycles. The zero-order valence-electron chi connectivity index (χ0n) is 9.04. The molecule has 0 radical (unpaired) electrons. The van der Waals surface area contributed by atoms with E-state index in [-0.39, 0.29) is 5.91 Å². The van der Waals surface area contributed by atoms with Crippen molar-refractivity contribution < 1.29 is 4.79 Å². The molecule has 0 aromatic heterocycles. The van der Waals surface area contributed by atoms with E-state index >= 15 is 0 Å². The summed E-state index contributed by atoms with van der Waals surface area (Å²) in [5.74, 6) is 0.0225. The minimum absolute atomic E-state index is 0.0225. The Kier molecular flexibility index (Phi) is 4.18. The molecule has 2 aromatic carbocycles. The molecule has 0 spiro atoms. The molecule has 1 N–H and O–H groups in total. The molecular weight excluding hydrogens is 346 g/mol. The van der Waals surface area contributed by atoms with Crippen LogP contribution in [-0.4, -0.2) is 11.2 Å². The highest BCUT2D eigenvalue weighted by molar-refractivity contribution is 9.10. The van der Waals surface area contributed by atoms with Gasteiger partial charge in [-0.2, -0.15) is 0 Å². The molecule has 2 aromatic rings. The van der Waals surface area contributed by atoms with E-state index in [1.807, 2.05) is 36.4 Å². The minimum Gasteiger partial charge on any atom is -0.325 e. The van der Waals surface area contributed by atoms with E-state index in [0.717, 1.165) is 20.9 Å². The van der Waals surface area contributed by atoms with Gasteiger partial charge in [-0.3, -0.25) is 4.79 Å². The van der Waals surface area contributed by atoms with E-state index < -0.39 is 0 Å². The number of fused-ring (bicyclic) bond motifs is 1. The monoisotopic (exact) mass is 355 g/mol. The molecule has 4 heteroatoms. The number of hydrogen-bond donors (Lipinski definition) is 1. The number of benzene rings is 2. The van der Waals surface area contributed by atoms with Gasteiger partial charge in [0.25, 0.3) is 0 Å². The lowest BCUT2D eigenvalue weighted by Gasteiger charge is -2.09. The van der Waals surface area contributed by atoms with Crippen LogP contribution in [0.3, 0.4) is 0 Å². The second kappa shape index (κ2) is 5.65. The largest absolute Gasteiger partial charge is 0.325 e. The summed E-state index contributed by atoms with van der Waals surface area (Å²) in [7, 11) is 0. The van der Waals surface area contributed by atoms with Crippen molar-refractivity contribution in [3.8, 4) is 0 Å². The molecule has 0 saturated carbocycles. The van der Waals surface area contributed by atoms with Gasteiger partial charge >= 0.3 is 0 Å². The summed E-state index contributed by atoms with van der Waals surface area (Å²) in [5.41, 5.74) is 0.856. The van der Waals surface area contributed by atoms with E-state index in [2.05, 4.69) is 37.2 Å². The lowest BCUT2D eigenvalue weighted by Crippen LogP contribution is -2.11. The molecule has 2 nitrogen and oxygen atoms in total. The number of nitrogens with one attached hydrogen (secondary N) is 1. The van der Waals surface area contributed by atoms with Crippen LogP contribution in [0.2, 0.25) is 0 Å². The fourth-order valence-corrected chi connectivity index (χ4v) is 2.51. The van der Waals surface area contributed by atoms with Crippen LogP contribution in [0.1, 0.15) is 6.42 Å². The second-order valence-electron chi connectivity index (χ2n) is 3.63. The van der Waals surface area contributed by atoms with Crippen LogP contribution in [0.25, 0.3) is 10.8 Å². The zero-order chi connectivity index (χ0) is 12.3. The van der Waals surface area contributed by atoms with Crippen molar-refractivity contribution in [2.45, 2.75) is 6.42 Å². The van der Waals surface area contributed by atoms with Gasteiger partial charge in [0.15, 0.2) is 0 Å². The molecule has 0 atom stereocenters. The fourth-order valence-electron chi connectivity index (χ4n) is 1.67. The van der Waals surface area contributed by atoms with Crippen LogP contribution >= 0.6 is 31.9 Å². The average molecular weight is 357 g/mol. The smallest absolute Gasteiger partial charge is 0.225 e. The Balaban J connectivity index is 2.41. The Morgan fingerprint density at radius 1 is 1.12 bits per heavy atom. The van der Waals surface area contributed by atoms with E-state index in [4.69, 9.17) is 0 Å². The predicted octanol–water partition coefficient (Wildman–Crippen LogP) is 4.33. The van der Waals surface area contributed by atoms with E-state index in [9.17, 15) is 4.79 Å². The van der Waals surface area contributed by atoms with Crippen LogP contribution in [0.5, 0.6) is 0 Å². The van der Waals surface area contributed by atoms with E-state index in [1.54, 1.807) is 0 Å². The summed E-state index contributed by atoms with van der Waals surface area (Å²) < 4.78 is 1.03. The third kappa shape index (κ3) is 2.87. The number of hydrogen-bond acceptors (Lipinski definition) is 1. The maximum atomic E-state index is 11.6. The van der Waals surface area contributed by atoms with Crippen molar-refractivity contribution in [3.05, 3.63) is 40.9 Å². The lowest BCUT2D eigenvalue weighted by molar-refractivity contribution is -0.115. The van der Waals surface area contributed by atoms with Gasteiger partial charge in [-0.15, -0.1) is 0 Å². The number of carbonyl (C=O) groups is 1. The summed E-state index contributed by atoms with van der Waals surface area (Å²) in [6.45, 7) is 0. The average Bonchev–Trinajstić information content (AvgIpc) is 2.34. The molecule has 2 rings (SSSR count). The summed E-state index contributed by atoms with van der Waals surface area (Å²) in [4.78, 5) is 11.6. The highest BCUT2D eigenvalue weighted by Gasteiger charge is 2.06. The lowest BCUT2D eigenvalue weighted by atomic mass is 10.1. The van der Waals surface area contributed by atoms with Crippen LogP contribution in [0, 0.1) is 0 Å². The first-order valence-electron chi connectivity index (χ1n) is 5.25. The van der Waals surface area contributed by atoms with Crippen molar-refractivity contribution in [1.82, 2.24) is 0 Å². The molecule has 0 aliphatic carbocycles. The third-order valence-corrected chi connectivity index (χ3v) is 3.55. The van der Waals surface area contributed by atoms with E-state index in [1.165, 1.54) is 0 Å². The molecule has 0 saturated heterocycles. The van der Waals surface area contributed by atoms with Crippen molar-refractivity contribution in [2.75, 3.05) is 10.6 Å². The Labute approximate surface area is 117 Å². The Morgan fingerprint density at radius 3 is 2.53 bits per heavy atom. The molecule has 17 heavy (non-hydrogen) atoms. The summed E-state index contributed by atoms with van der Waals surface area (Å²) in [6, 6.07) is 11.8. The van der Waals surface area contributed by atoms with Crippen LogP contribution < -0.4 is 5.32 Å². The van der Waals surface area contributed by atoms with Crippen molar-refractivity contribution >= 4 is 54.2 Å². The molecule has 88 valence electrons. The number of amides is 1. The van der Waals surface area contributed by atoms with Crippen molar-refractivity contribution in [2.24, 2.45) is 0 Å². The second-order valence-corrected chi connectivity index (χ2v) is 5.28. The van der Waals surface area contributed by atoms with Gasteiger partial charge in [0.1, 0.15) is 0 Å². The number of alkyl halides is 1. The van der Waals surface area contributed by atoms with Crippen LogP contribution in [0.4, 0.5) is 5.69 Å². The number of anilines is 1. The number of rotatable bonds is 3. The van der Waals surface area contributed by atoms with Crippen LogP contribution in [0.15, 0.2) is 40.9 Å². The topological polar surface area (TPSA) is 29.1 Å². The van der Waals surface area contributed by atoms with Gasteiger partial charge in [-0.1, -0.05) is 56.1 Å². The Hall–Kier alpha value is -0.870. The number of carbonyl (C=O) groups excluding carboxylic acids is 1. The highest BCUT2D eigenvalue weighted by atomic mass is 79.9. The van der Waals surface area contributed by atoms with Crippen molar-refractivity contribution in [3.63, 3.8) is 0 Å². The summed E-state index contributed by atoms with van der Waals surface area (Å²) >= 11 is 6.76. The summed E-state index contributed by atoms with van der Waals surface area (Å²) in [5, 5.41) is 5.74. The maximum Gasteiger partial charge on any atom is 0.225 e. The van der Waals surface area contributed by atoms with Gasteiger partial charge < -0.3 is 5.32 Å². The SMILES string of the molecule is O=C(CCBr)Nc1ccc(Br)c2ccccc12. The van der Waals surface area contributed by atoms with E-state index in [0.29, 0.717) is 11.8 Å². The van der Waals surface area contributed by atoms with Gasteiger partial charge in [0.05, 0.1) is 0 Å². The van der Waals surface area contributed by atoms with Gasteiger partial charge in [0.2, 0.25) is 5.91 Å². The standard InChI is InChI=1S/C13H11Br2NO/c14-8-7-13(17)16-12-6-5-11(15)9-3-1-2-4-10(9)12/h1-6H,7-8H2,(H,16,17). The number of halogens is 2. The first-order valence-corrected chi connectivity index (χ1v) is 7.17. The zero-order valence-corrected chi connectivity index (χ0v) is 12.2. The summed E-state index contributed by atoms with van der Waals surface area (Å²) in [6.07, 6.45) is 0.477. The molecule has 1 amide bonds. The van der Waals surface area contributed by atoms with Crippen molar-refractivity contribution in [1.29, 1.82) is 0 Å². The first-order chi connectivity index (χ1) is 8.22. The molecule has 0 fully saturated rings. The fraction of sp³-hybridized carbons (Fsp3) is 0.154. The highest BCUT2D eigenvalue weighted by Crippen LogP contribution is 2.29. The molecule has 0 bridgehead atoms. The maximum absolute atomic E-state index is 11.6. The van der Waals surface area contributed by atoms with Gasteiger partial charge in [-0.05, 0) is 17.5 Å². The third-order valence-electron chi connectivity index (χ3n) is 2.47. The quantitative estimate of drug-likeness (QED) is 0.815. The molecule has 0 unspecified atom stereocenters. The first kappa shape index (κ1) is 12.6. The molecular formula is C13H11Br2NO. The van der Waals surface area contributed by atoms with Gasteiger partial charge in [0, 0.05) is 27.3 Å². The molecule has 0 aliphatic heterocycles. The molecule has 0 aliphatic rings. The Bertz CT molecular complexity index is 554.